The summed E-state index contributed by atoms with van der Waals surface area (Å²) in [6, 6.07) is 0. The van der Waals surface area contributed by atoms with E-state index in [9.17, 15) is 9.59 Å². The van der Waals surface area contributed by atoms with E-state index in [-0.39, 0.29) is 24.3 Å². The van der Waals surface area contributed by atoms with Crippen LogP contribution in [0.3, 0.4) is 0 Å². The van der Waals surface area contributed by atoms with Crippen molar-refractivity contribution < 1.29 is 14.3 Å². The Balaban J connectivity index is 0.00000220. The summed E-state index contributed by atoms with van der Waals surface area (Å²) in [6.07, 6.45) is 0. The smallest absolute Gasteiger partial charge is 0.340 e. The Morgan fingerprint density at radius 3 is 2.43 bits per heavy atom. The van der Waals surface area contributed by atoms with Gasteiger partial charge in [-0.15, -0.1) is 12.4 Å². The number of nitrogens with one attached hydrogen (secondary N) is 2. The number of amides is 1. The molecule has 1 fully saturated rings. The van der Waals surface area contributed by atoms with Gasteiger partial charge in [0.15, 0.2) is 0 Å². The number of hydrogen-bond donors (Lipinski definition) is 2. The molecular weight excluding hydrogens is 294 g/mol. The van der Waals surface area contributed by atoms with E-state index in [0.29, 0.717) is 42.2 Å². The Hall–Kier alpha value is -1.53. The summed E-state index contributed by atoms with van der Waals surface area (Å²) in [7, 11) is 0. The van der Waals surface area contributed by atoms with Crippen molar-refractivity contribution in [2.45, 2.75) is 20.8 Å². The summed E-state index contributed by atoms with van der Waals surface area (Å²) < 4.78 is 5.03. The first-order valence-electron chi connectivity index (χ1n) is 6.92. The molecular formula is C14H22ClN3O3. The van der Waals surface area contributed by atoms with E-state index < -0.39 is 0 Å². The maximum atomic E-state index is 12.5. The lowest BCUT2D eigenvalue weighted by Gasteiger charge is -2.27. The minimum atomic E-state index is -0.377. The first-order valence-corrected chi connectivity index (χ1v) is 6.92. The Bertz CT molecular complexity index is 522. The molecule has 1 aliphatic heterocycles. The van der Waals surface area contributed by atoms with Gasteiger partial charge in [0.25, 0.3) is 5.91 Å². The summed E-state index contributed by atoms with van der Waals surface area (Å²) in [5, 5.41) is 3.21. The molecule has 0 atom stereocenters. The first kappa shape index (κ1) is 17.5. The highest BCUT2D eigenvalue weighted by Crippen LogP contribution is 2.20. The quantitative estimate of drug-likeness (QED) is 0.824. The van der Waals surface area contributed by atoms with Gasteiger partial charge in [0.1, 0.15) is 5.69 Å². The molecule has 21 heavy (non-hydrogen) atoms. The molecule has 0 bridgehead atoms. The third-order valence-corrected chi connectivity index (χ3v) is 3.54. The largest absolute Gasteiger partial charge is 0.462 e. The molecule has 2 heterocycles. The van der Waals surface area contributed by atoms with Gasteiger partial charge in [-0.3, -0.25) is 4.79 Å². The van der Waals surface area contributed by atoms with Gasteiger partial charge in [0, 0.05) is 31.9 Å². The van der Waals surface area contributed by atoms with Crippen LogP contribution in [-0.4, -0.2) is 54.5 Å². The second kappa shape index (κ2) is 7.47. The number of ether oxygens (including phenoxy) is 1. The second-order valence-corrected chi connectivity index (χ2v) is 4.89. The van der Waals surface area contributed by atoms with Crippen molar-refractivity contribution in [1.29, 1.82) is 0 Å². The van der Waals surface area contributed by atoms with Gasteiger partial charge in [0.05, 0.1) is 12.2 Å². The Morgan fingerprint density at radius 1 is 1.24 bits per heavy atom. The number of carbonyl (C=O) groups excluding carboxylic acids is 2. The summed E-state index contributed by atoms with van der Waals surface area (Å²) >= 11 is 0. The zero-order chi connectivity index (χ0) is 14.7. The van der Waals surface area contributed by atoms with Crippen molar-refractivity contribution in [2.75, 3.05) is 32.8 Å². The predicted octanol–water partition coefficient (Wildman–Crippen LogP) is 1.28. The number of aromatic nitrogens is 1. The number of hydrogen-bond acceptors (Lipinski definition) is 4. The third kappa shape index (κ3) is 3.57. The Kier molecular flexibility index (Phi) is 6.23. The molecule has 0 aromatic carbocycles. The van der Waals surface area contributed by atoms with Crippen LogP contribution in [0.5, 0.6) is 0 Å². The van der Waals surface area contributed by atoms with E-state index in [1.807, 2.05) is 0 Å². The fourth-order valence-electron chi connectivity index (χ4n) is 2.50. The first-order chi connectivity index (χ1) is 9.56. The molecule has 2 rings (SSSR count). The summed E-state index contributed by atoms with van der Waals surface area (Å²) in [6.45, 7) is 8.63. The summed E-state index contributed by atoms with van der Waals surface area (Å²) in [4.78, 5) is 29.2. The molecule has 2 N–H and O–H groups in total. The molecule has 6 nitrogen and oxygen atoms in total. The van der Waals surface area contributed by atoms with Gasteiger partial charge >= 0.3 is 5.97 Å². The highest BCUT2D eigenvalue weighted by atomic mass is 35.5. The van der Waals surface area contributed by atoms with Crippen molar-refractivity contribution in [3.05, 3.63) is 22.5 Å². The maximum Gasteiger partial charge on any atom is 0.340 e. The Labute approximate surface area is 130 Å². The molecule has 1 aliphatic rings. The van der Waals surface area contributed by atoms with Crippen LogP contribution in [-0.2, 0) is 4.74 Å². The maximum absolute atomic E-state index is 12.5. The number of halogens is 1. The molecule has 7 heteroatoms. The molecule has 0 unspecified atom stereocenters. The molecule has 1 saturated heterocycles. The minimum absolute atomic E-state index is 0. The van der Waals surface area contributed by atoms with Crippen molar-refractivity contribution in [1.82, 2.24) is 15.2 Å². The molecule has 1 aromatic heterocycles. The van der Waals surface area contributed by atoms with E-state index in [2.05, 4.69) is 10.3 Å². The number of rotatable bonds is 3. The number of H-pyrrole nitrogens is 1. The van der Waals surface area contributed by atoms with E-state index in [1.165, 1.54) is 0 Å². The van der Waals surface area contributed by atoms with E-state index in [0.717, 1.165) is 13.1 Å². The highest BCUT2D eigenvalue weighted by Gasteiger charge is 2.26. The van der Waals surface area contributed by atoms with Crippen LogP contribution in [0.2, 0.25) is 0 Å². The number of aromatic amines is 1. The lowest BCUT2D eigenvalue weighted by Crippen LogP contribution is -2.46. The van der Waals surface area contributed by atoms with Crippen LogP contribution in [0.15, 0.2) is 0 Å². The SMILES string of the molecule is CCOC(=O)c1c(C)[nH]c(C(=O)N2CCNCC2)c1C.Cl. The molecule has 1 amide bonds. The van der Waals surface area contributed by atoms with Crippen LogP contribution < -0.4 is 5.32 Å². The normalized spacial score (nSPS) is 14.5. The average Bonchev–Trinajstić information content (AvgIpc) is 2.74. The Morgan fingerprint density at radius 2 is 1.86 bits per heavy atom. The number of esters is 1. The van der Waals surface area contributed by atoms with Crippen LogP contribution >= 0.6 is 12.4 Å². The van der Waals surface area contributed by atoms with E-state index in [4.69, 9.17) is 4.74 Å². The average molecular weight is 316 g/mol. The van der Waals surface area contributed by atoms with Gasteiger partial charge in [-0.05, 0) is 26.3 Å². The number of nitrogens with zero attached hydrogens (tertiary/aromatic N) is 1. The molecule has 0 spiro atoms. The van der Waals surface area contributed by atoms with Crippen molar-refractivity contribution in [3.8, 4) is 0 Å². The van der Waals surface area contributed by atoms with Gasteiger partial charge in [-0.25, -0.2) is 4.79 Å². The molecule has 0 aliphatic carbocycles. The number of aryl methyl sites for hydroxylation is 1. The molecule has 0 radical (unpaired) electrons. The summed E-state index contributed by atoms with van der Waals surface area (Å²) in [5.74, 6) is -0.430. The number of carbonyl (C=O) groups is 2. The standard InChI is InChI=1S/C14H21N3O3.ClH/c1-4-20-14(19)11-9(2)12(16-10(11)3)13(18)17-7-5-15-6-8-17;/h15-16H,4-8H2,1-3H3;1H. The minimum Gasteiger partial charge on any atom is -0.462 e. The van der Waals surface area contributed by atoms with Gasteiger partial charge < -0.3 is 19.9 Å². The van der Waals surface area contributed by atoms with Crippen molar-refractivity contribution in [2.24, 2.45) is 0 Å². The fraction of sp³-hybridized carbons (Fsp3) is 0.571. The van der Waals surface area contributed by atoms with E-state index >= 15 is 0 Å². The fourth-order valence-corrected chi connectivity index (χ4v) is 2.50. The molecule has 1 aromatic rings. The lowest BCUT2D eigenvalue weighted by atomic mass is 10.1. The van der Waals surface area contributed by atoms with Gasteiger partial charge in [0.2, 0.25) is 0 Å². The topological polar surface area (TPSA) is 74.4 Å². The lowest BCUT2D eigenvalue weighted by molar-refractivity contribution is 0.0525. The van der Waals surface area contributed by atoms with Crippen LogP contribution in [0.25, 0.3) is 0 Å². The highest BCUT2D eigenvalue weighted by molar-refractivity contribution is 6.00. The predicted molar refractivity (Wildman–Crippen MR) is 82.2 cm³/mol. The second-order valence-electron chi connectivity index (χ2n) is 4.89. The monoisotopic (exact) mass is 315 g/mol. The van der Waals surface area contributed by atoms with Crippen molar-refractivity contribution in [3.63, 3.8) is 0 Å². The van der Waals surface area contributed by atoms with Crippen LogP contribution in [0.1, 0.15) is 39.0 Å². The summed E-state index contributed by atoms with van der Waals surface area (Å²) in [5.41, 5.74) is 2.32. The van der Waals surface area contributed by atoms with Gasteiger partial charge in [-0.1, -0.05) is 0 Å². The molecule has 118 valence electrons. The number of piperazine rings is 1. The van der Waals surface area contributed by atoms with Crippen molar-refractivity contribution >= 4 is 24.3 Å². The third-order valence-electron chi connectivity index (χ3n) is 3.54. The van der Waals surface area contributed by atoms with E-state index in [1.54, 1.807) is 25.7 Å². The zero-order valence-corrected chi connectivity index (χ0v) is 13.4. The van der Waals surface area contributed by atoms with Crippen LogP contribution in [0, 0.1) is 13.8 Å². The van der Waals surface area contributed by atoms with Crippen LogP contribution in [0.4, 0.5) is 0 Å². The molecule has 0 saturated carbocycles. The van der Waals surface area contributed by atoms with Gasteiger partial charge in [-0.2, -0.15) is 0 Å². The zero-order valence-electron chi connectivity index (χ0n) is 12.6.